The first-order chi connectivity index (χ1) is 15.7. The molecule has 0 aliphatic carbocycles. The predicted molar refractivity (Wildman–Crippen MR) is 124 cm³/mol. The van der Waals surface area contributed by atoms with Crippen molar-refractivity contribution in [3.63, 3.8) is 0 Å². The van der Waals surface area contributed by atoms with Gasteiger partial charge in [-0.2, -0.15) is 4.68 Å². The Morgan fingerprint density at radius 2 is 1.62 bits per heavy atom. The second-order valence-electron chi connectivity index (χ2n) is 7.70. The molecule has 0 fully saturated rings. The van der Waals surface area contributed by atoms with Crippen LogP contribution in [0.5, 0.6) is 0 Å². The van der Waals surface area contributed by atoms with Gasteiger partial charge in [0.25, 0.3) is 5.95 Å². The highest BCUT2D eigenvalue weighted by Gasteiger charge is 2.31. The Morgan fingerprint density at radius 1 is 0.938 bits per heavy atom. The van der Waals surface area contributed by atoms with E-state index in [1.807, 2.05) is 65.6 Å². The Kier molecular flexibility index (Phi) is 5.21. The van der Waals surface area contributed by atoms with Gasteiger partial charge in [0.15, 0.2) is 0 Å². The number of nitrogens with zero attached hydrogens (tertiary/aromatic N) is 5. The van der Waals surface area contributed by atoms with Crippen LogP contribution < -0.4 is 10.2 Å². The van der Waals surface area contributed by atoms with Gasteiger partial charge in [0.2, 0.25) is 5.91 Å². The predicted octanol–water partition coefficient (Wildman–Crippen LogP) is 4.07. The molecule has 0 saturated carbocycles. The summed E-state index contributed by atoms with van der Waals surface area (Å²) in [5.74, 6) is 0.376. The highest BCUT2D eigenvalue weighted by atomic mass is 16.2. The van der Waals surface area contributed by atoms with E-state index in [-0.39, 0.29) is 18.5 Å². The maximum atomic E-state index is 12.9. The molecule has 1 aliphatic heterocycles. The van der Waals surface area contributed by atoms with Crippen molar-refractivity contribution in [1.29, 1.82) is 0 Å². The second kappa shape index (κ2) is 8.47. The Labute approximate surface area is 186 Å². The number of allylic oxidation sites excluding steroid dienone is 1. The quantitative estimate of drug-likeness (QED) is 0.525. The van der Waals surface area contributed by atoms with Crippen molar-refractivity contribution in [2.24, 2.45) is 0 Å². The van der Waals surface area contributed by atoms with E-state index >= 15 is 0 Å². The zero-order chi connectivity index (χ0) is 21.9. The summed E-state index contributed by atoms with van der Waals surface area (Å²) in [7, 11) is 0. The smallest absolute Gasteiger partial charge is 0.251 e. The van der Waals surface area contributed by atoms with Gasteiger partial charge in [-0.25, -0.2) is 0 Å². The van der Waals surface area contributed by atoms with Crippen molar-refractivity contribution >= 4 is 23.2 Å². The lowest BCUT2D eigenvalue weighted by molar-refractivity contribution is -0.114. The number of fused-ring (bicyclic) bond motifs is 1. The van der Waals surface area contributed by atoms with E-state index in [9.17, 15) is 4.79 Å². The molecule has 7 nitrogen and oxygen atoms in total. The molecular weight excluding hydrogens is 400 g/mol. The highest BCUT2D eigenvalue weighted by molar-refractivity contribution is 5.97. The molecule has 0 radical (unpaired) electrons. The van der Waals surface area contributed by atoms with Crippen molar-refractivity contribution in [3.05, 3.63) is 108 Å². The van der Waals surface area contributed by atoms with Gasteiger partial charge in [-0.1, -0.05) is 83.5 Å². The Morgan fingerprint density at radius 3 is 2.34 bits per heavy atom. The molecule has 1 N–H and O–H groups in total. The summed E-state index contributed by atoms with van der Waals surface area (Å²) < 4.78 is 1.76. The van der Waals surface area contributed by atoms with Crippen LogP contribution in [0.15, 0.2) is 91.0 Å². The minimum Gasteiger partial charge on any atom is -0.325 e. The van der Waals surface area contributed by atoms with Crippen molar-refractivity contribution in [2.45, 2.75) is 13.0 Å². The zero-order valence-corrected chi connectivity index (χ0v) is 17.6. The molecule has 0 saturated heterocycles. The summed E-state index contributed by atoms with van der Waals surface area (Å²) in [5, 5.41) is 15.4. The van der Waals surface area contributed by atoms with Crippen molar-refractivity contribution in [2.75, 3.05) is 16.8 Å². The molecule has 7 heteroatoms. The monoisotopic (exact) mass is 422 g/mol. The number of aromatic nitrogens is 4. The fraction of sp³-hybridized carbons (Fsp3) is 0.120. The molecule has 0 spiro atoms. The summed E-state index contributed by atoms with van der Waals surface area (Å²) >= 11 is 0. The average molecular weight is 422 g/mol. The number of hydrogen-bond donors (Lipinski definition) is 1. The third-order valence-corrected chi connectivity index (χ3v) is 5.43. The average Bonchev–Trinajstić information content (AvgIpc) is 3.31. The van der Waals surface area contributed by atoms with Gasteiger partial charge < -0.3 is 5.32 Å². The first-order valence-electron chi connectivity index (χ1n) is 10.4. The molecular formula is C25H22N6O. The summed E-state index contributed by atoms with van der Waals surface area (Å²) in [6.07, 6.45) is 2.11. The number of benzene rings is 3. The third-order valence-electron chi connectivity index (χ3n) is 5.43. The lowest BCUT2D eigenvalue weighted by Gasteiger charge is -2.32. The van der Waals surface area contributed by atoms with E-state index in [0.717, 1.165) is 22.5 Å². The van der Waals surface area contributed by atoms with Crippen LogP contribution in [0.25, 0.3) is 5.70 Å². The van der Waals surface area contributed by atoms with E-state index in [0.29, 0.717) is 5.95 Å². The fourth-order valence-electron chi connectivity index (χ4n) is 3.85. The number of rotatable bonds is 5. The van der Waals surface area contributed by atoms with E-state index < -0.39 is 0 Å². The van der Waals surface area contributed by atoms with Crippen molar-refractivity contribution < 1.29 is 4.79 Å². The van der Waals surface area contributed by atoms with E-state index in [1.165, 1.54) is 5.56 Å². The van der Waals surface area contributed by atoms with Crippen molar-refractivity contribution in [3.8, 4) is 0 Å². The minimum absolute atomic E-state index is 0.0800. The molecule has 1 aromatic heterocycles. The molecule has 3 aromatic carbocycles. The van der Waals surface area contributed by atoms with Crippen LogP contribution in [-0.4, -0.2) is 32.7 Å². The van der Waals surface area contributed by atoms with Gasteiger partial charge in [-0.05, 0) is 46.7 Å². The van der Waals surface area contributed by atoms with Crippen LogP contribution in [0, 0.1) is 6.92 Å². The summed E-state index contributed by atoms with van der Waals surface area (Å²) in [5.41, 5.74) is 4.89. The van der Waals surface area contributed by atoms with Crippen molar-refractivity contribution in [1.82, 2.24) is 20.2 Å². The summed E-state index contributed by atoms with van der Waals surface area (Å²) in [4.78, 5) is 14.8. The minimum atomic E-state index is -0.177. The number of aryl methyl sites for hydroxylation is 1. The lowest BCUT2D eigenvalue weighted by Crippen LogP contribution is -2.37. The van der Waals surface area contributed by atoms with E-state index in [4.69, 9.17) is 0 Å². The number of anilines is 2. The van der Waals surface area contributed by atoms with Gasteiger partial charge in [0.1, 0.15) is 12.6 Å². The maximum Gasteiger partial charge on any atom is 0.251 e. The number of amides is 1. The SMILES string of the molecule is Cc1ccc([C@@H]2C=C(c3ccccc3)N(CC(=O)Nc3ccccc3)c3nnnn32)cc1. The number of nitrogens with one attached hydrogen (secondary N) is 1. The molecule has 1 atom stereocenters. The molecule has 0 bridgehead atoms. The molecule has 158 valence electrons. The molecule has 32 heavy (non-hydrogen) atoms. The van der Waals surface area contributed by atoms with Crippen LogP contribution in [0.3, 0.4) is 0 Å². The number of hydrogen-bond acceptors (Lipinski definition) is 5. The highest BCUT2D eigenvalue weighted by Crippen LogP contribution is 2.36. The summed E-state index contributed by atoms with van der Waals surface area (Å²) in [6, 6.07) is 27.6. The Hall–Kier alpha value is -4.26. The van der Waals surface area contributed by atoms with Gasteiger partial charge in [-0.15, -0.1) is 0 Å². The number of para-hydroxylation sites is 1. The number of carbonyl (C=O) groups is 1. The first kappa shape index (κ1) is 19.7. The normalized spacial score (nSPS) is 15.1. The van der Waals surface area contributed by atoms with Gasteiger partial charge in [-0.3, -0.25) is 9.69 Å². The molecule has 4 aromatic rings. The first-order valence-corrected chi connectivity index (χ1v) is 10.4. The topological polar surface area (TPSA) is 75.9 Å². The molecule has 1 amide bonds. The standard InChI is InChI=1S/C25H22N6O/c1-18-12-14-20(15-13-18)23-16-22(19-8-4-2-5-9-19)30(25-27-28-29-31(23)25)17-24(32)26-21-10-6-3-7-11-21/h2-16,23H,17H2,1H3,(H,26,32)/t23-/m0/s1. The van der Waals surface area contributed by atoms with Crippen LogP contribution >= 0.6 is 0 Å². The largest absolute Gasteiger partial charge is 0.325 e. The number of carbonyl (C=O) groups excluding carboxylic acids is 1. The second-order valence-corrected chi connectivity index (χ2v) is 7.70. The Balaban J connectivity index is 1.54. The van der Waals surface area contributed by atoms with Crippen LogP contribution in [0.2, 0.25) is 0 Å². The van der Waals surface area contributed by atoms with Crippen LogP contribution in [-0.2, 0) is 4.79 Å². The van der Waals surface area contributed by atoms with Crippen LogP contribution in [0.4, 0.5) is 11.6 Å². The molecule has 0 unspecified atom stereocenters. The van der Waals surface area contributed by atoms with Gasteiger partial charge >= 0.3 is 0 Å². The molecule has 2 heterocycles. The Bertz CT molecular complexity index is 1250. The van der Waals surface area contributed by atoms with E-state index in [1.54, 1.807) is 4.68 Å². The maximum absolute atomic E-state index is 12.9. The number of tetrazole rings is 1. The molecule has 5 rings (SSSR count). The third kappa shape index (κ3) is 3.88. The zero-order valence-electron chi connectivity index (χ0n) is 17.6. The molecule has 1 aliphatic rings. The summed E-state index contributed by atoms with van der Waals surface area (Å²) in [6.45, 7) is 2.14. The van der Waals surface area contributed by atoms with Gasteiger partial charge in [0.05, 0.1) is 5.70 Å². The van der Waals surface area contributed by atoms with E-state index in [2.05, 4.69) is 58.1 Å². The van der Waals surface area contributed by atoms with Crippen LogP contribution in [0.1, 0.15) is 22.7 Å². The van der Waals surface area contributed by atoms with Gasteiger partial charge in [0, 0.05) is 5.69 Å². The fourth-order valence-corrected chi connectivity index (χ4v) is 3.85. The lowest BCUT2D eigenvalue weighted by atomic mass is 10.00.